The van der Waals surface area contributed by atoms with Crippen molar-refractivity contribution in [1.82, 2.24) is 25.3 Å². The van der Waals surface area contributed by atoms with E-state index in [0.29, 0.717) is 6.54 Å². The summed E-state index contributed by atoms with van der Waals surface area (Å²) in [7, 11) is 6.11. The number of rotatable bonds is 10. The van der Waals surface area contributed by atoms with Crippen molar-refractivity contribution in [3.05, 3.63) is 18.0 Å². The molecule has 1 aromatic rings. The van der Waals surface area contributed by atoms with E-state index in [-0.39, 0.29) is 30.0 Å². The lowest BCUT2D eigenvalue weighted by Crippen LogP contribution is -2.38. The molecule has 7 heteroatoms. The average molecular weight is 450 g/mol. The van der Waals surface area contributed by atoms with Gasteiger partial charge >= 0.3 is 0 Å². The van der Waals surface area contributed by atoms with Crippen LogP contribution in [0, 0.1) is 0 Å². The fraction of sp³-hybridized carbons (Fsp3) is 0.765. The highest BCUT2D eigenvalue weighted by Crippen LogP contribution is 2.17. The summed E-state index contributed by atoms with van der Waals surface area (Å²) in [5.74, 6) is 0.903. The molecule has 0 radical (unpaired) electrons. The van der Waals surface area contributed by atoms with Crippen molar-refractivity contribution in [3.8, 4) is 0 Å². The molecule has 0 spiro atoms. The Morgan fingerprint density at radius 3 is 2.54 bits per heavy atom. The molecular formula is C17H35IN6. The first-order valence-corrected chi connectivity index (χ1v) is 8.75. The maximum absolute atomic E-state index is 4.75. The van der Waals surface area contributed by atoms with Crippen molar-refractivity contribution < 1.29 is 0 Å². The van der Waals surface area contributed by atoms with Gasteiger partial charge in [0.15, 0.2) is 5.96 Å². The largest absolute Gasteiger partial charge is 0.357 e. The molecule has 1 rings (SSSR count). The van der Waals surface area contributed by atoms with Crippen LogP contribution in [-0.2, 0) is 7.05 Å². The Morgan fingerprint density at radius 1 is 1.25 bits per heavy atom. The van der Waals surface area contributed by atoms with Gasteiger partial charge in [-0.25, -0.2) is 0 Å². The van der Waals surface area contributed by atoms with Gasteiger partial charge in [0.25, 0.3) is 0 Å². The topological polar surface area (TPSA) is 57.5 Å². The van der Waals surface area contributed by atoms with Crippen molar-refractivity contribution in [3.63, 3.8) is 0 Å². The number of aliphatic imine (C=N–C) groups is 1. The van der Waals surface area contributed by atoms with Crippen molar-refractivity contribution in [2.45, 2.75) is 45.6 Å². The molecule has 1 heterocycles. The average Bonchev–Trinajstić information content (AvgIpc) is 2.93. The van der Waals surface area contributed by atoms with Crippen LogP contribution in [0.15, 0.2) is 17.4 Å². The number of halogens is 1. The standard InChI is InChI=1S/C17H34N6.HI/c1-6-8-9-10-11-19-17(18-7-2)20-13-16(22(3)4)15-12-21-23(5)14-15;/h12,14,16H,6-11,13H2,1-5H3,(H2,18,19,20);1H. The normalized spacial score (nSPS) is 12.8. The second kappa shape index (κ2) is 13.5. The lowest BCUT2D eigenvalue weighted by atomic mass is 10.1. The molecule has 24 heavy (non-hydrogen) atoms. The zero-order valence-corrected chi connectivity index (χ0v) is 18.2. The molecule has 0 fully saturated rings. The molecule has 0 aliphatic heterocycles. The van der Waals surface area contributed by atoms with Crippen LogP contribution in [0.5, 0.6) is 0 Å². The van der Waals surface area contributed by atoms with Gasteiger partial charge in [0.1, 0.15) is 0 Å². The van der Waals surface area contributed by atoms with Crippen LogP contribution in [0.1, 0.15) is 51.1 Å². The minimum Gasteiger partial charge on any atom is -0.357 e. The Labute approximate surface area is 164 Å². The Hall–Kier alpha value is -0.830. The molecule has 0 saturated carbocycles. The van der Waals surface area contributed by atoms with E-state index in [0.717, 1.165) is 19.0 Å². The number of aryl methyl sites for hydroxylation is 1. The molecule has 0 aromatic carbocycles. The summed E-state index contributed by atoms with van der Waals surface area (Å²) in [5, 5.41) is 11.0. The van der Waals surface area contributed by atoms with Gasteiger partial charge in [-0.3, -0.25) is 9.67 Å². The first-order valence-electron chi connectivity index (χ1n) is 8.75. The van der Waals surface area contributed by atoms with Crippen molar-refractivity contribution in [2.24, 2.45) is 12.0 Å². The van der Waals surface area contributed by atoms with Crippen LogP contribution >= 0.6 is 24.0 Å². The van der Waals surface area contributed by atoms with E-state index >= 15 is 0 Å². The molecule has 0 amide bonds. The van der Waals surface area contributed by atoms with Gasteiger partial charge < -0.3 is 15.5 Å². The zero-order chi connectivity index (χ0) is 17.1. The molecular weight excluding hydrogens is 415 g/mol. The lowest BCUT2D eigenvalue weighted by molar-refractivity contribution is 0.306. The van der Waals surface area contributed by atoms with Crippen LogP contribution in [0.4, 0.5) is 0 Å². The van der Waals surface area contributed by atoms with E-state index < -0.39 is 0 Å². The maximum atomic E-state index is 4.75. The van der Waals surface area contributed by atoms with Crippen molar-refractivity contribution in [1.29, 1.82) is 0 Å². The summed E-state index contributed by atoms with van der Waals surface area (Å²) in [6.07, 6.45) is 9.02. The summed E-state index contributed by atoms with van der Waals surface area (Å²) in [6.45, 7) is 6.90. The highest BCUT2D eigenvalue weighted by molar-refractivity contribution is 14.0. The van der Waals surface area contributed by atoms with Crippen LogP contribution in [0.3, 0.4) is 0 Å². The third-order valence-corrected chi connectivity index (χ3v) is 3.82. The highest BCUT2D eigenvalue weighted by Gasteiger charge is 2.15. The molecule has 1 atom stereocenters. The van der Waals surface area contributed by atoms with E-state index in [1.54, 1.807) is 0 Å². The summed E-state index contributed by atoms with van der Waals surface area (Å²) in [6, 6.07) is 0.235. The monoisotopic (exact) mass is 450 g/mol. The number of hydrogen-bond donors (Lipinski definition) is 2. The van der Waals surface area contributed by atoms with E-state index in [4.69, 9.17) is 4.99 Å². The molecule has 0 aliphatic carbocycles. The molecule has 2 N–H and O–H groups in total. The van der Waals surface area contributed by atoms with Crippen LogP contribution in [-0.4, -0.2) is 54.4 Å². The summed E-state index contributed by atoms with van der Waals surface area (Å²) in [5.41, 5.74) is 1.19. The summed E-state index contributed by atoms with van der Waals surface area (Å²) < 4.78 is 1.84. The third kappa shape index (κ3) is 8.86. The number of nitrogens with one attached hydrogen (secondary N) is 2. The third-order valence-electron chi connectivity index (χ3n) is 3.82. The smallest absolute Gasteiger partial charge is 0.191 e. The molecule has 0 aliphatic rings. The van der Waals surface area contributed by atoms with E-state index in [9.17, 15) is 0 Å². The molecule has 1 unspecified atom stereocenters. The van der Waals surface area contributed by atoms with Crippen LogP contribution < -0.4 is 10.6 Å². The number of unbranched alkanes of at least 4 members (excludes halogenated alkanes) is 3. The Balaban J connectivity index is 0.00000529. The second-order valence-electron chi connectivity index (χ2n) is 6.13. The molecule has 6 nitrogen and oxygen atoms in total. The van der Waals surface area contributed by atoms with Crippen LogP contribution in [0.25, 0.3) is 0 Å². The van der Waals surface area contributed by atoms with Gasteiger partial charge in [0.2, 0.25) is 0 Å². The zero-order valence-electron chi connectivity index (χ0n) is 15.9. The molecule has 140 valence electrons. The molecule has 0 bridgehead atoms. The highest BCUT2D eigenvalue weighted by atomic mass is 127. The number of likely N-dealkylation sites (N-methyl/N-ethyl adjacent to an activating group) is 1. The lowest BCUT2D eigenvalue weighted by Gasteiger charge is -2.22. The summed E-state index contributed by atoms with van der Waals surface area (Å²) >= 11 is 0. The predicted molar refractivity (Wildman–Crippen MR) is 113 cm³/mol. The van der Waals surface area contributed by atoms with E-state index in [1.807, 2.05) is 17.9 Å². The number of aromatic nitrogens is 2. The Kier molecular flexibility index (Phi) is 13.0. The fourth-order valence-corrected chi connectivity index (χ4v) is 2.46. The quantitative estimate of drug-likeness (QED) is 0.249. The Morgan fingerprint density at radius 2 is 2.00 bits per heavy atom. The predicted octanol–water partition coefficient (Wildman–Crippen LogP) is 2.78. The second-order valence-corrected chi connectivity index (χ2v) is 6.13. The van der Waals surface area contributed by atoms with E-state index in [1.165, 1.54) is 31.2 Å². The minimum absolute atomic E-state index is 0. The number of nitrogens with zero attached hydrogens (tertiary/aromatic N) is 4. The number of guanidine groups is 1. The summed E-state index contributed by atoms with van der Waals surface area (Å²) in [4.78, 5) is 6.94. The first-order chi connectivity index (χ1) is 11.1. The van der Waals surface area contributed by atoms with Gasteiger partial charge in [-0.2, -0.15) is 5.10 Å². The van der Waals surface area contributed by atoms with Crippen molar-refractivity contribution in [2.75, 3.05) is 33.7 Å². The van der Waals surface area contributed by atoms with Gasteiger partial charge in [-0.15, -0.1) is 24.0 Å². The van der Waals surface area contributed by atoms with Gasteiger partial charge in [-0.1, -0.05) is 26.2 Å². The minimum atomic E-state index is 0. The van der Waals surface area contributed by atoms with Gasteiger partial charge in [0.05, 0.1) is 18.8 Å². The number of hydrogen-bond acceptors (Lipinski definition) is 3. The van der Waals surface area contributed by atoms with Crippen molar-refractivity contribution >= 4 is 29.9 Å². The van der Waals surface area contributed by atoms with E-state index in [2.05, 4.69) is 54.8 Å². The fourth-order valence-electron chi connectivity index (χ4n) is 2.46. The van der Waals surface area contributed by atoms with Crippen LogP contribution in [0.2, 0.25) is 0 Å². The molecule has 0 saturated heterocycles. The SMILES string of the molecule is CCCCCCNC(=NCC(c1cnn(C)c1)N(C)C)NCC.I. The van der Waals surface area contributed by atoms with Gasteiger partial charge in [-0.05, 0) is 27.4 Å². The molecule has 1 aromatic heterocycles. The first kappa shape index (κ1) is 23.2. The maximum Gasteiger partial charge on any atom is 0.191 e. The Bertz CT molecular complexity index is 458. The van der Waals surface area contributed by atoms with Gasteiger partial charge in [0, 0.05) is 31.9 Å².